The predicted molar refractivity (Wildman–Crippen MR) is 73.3 cm³/mol. The highest BCUT2D eigenvalue weighted by atomic mass is 19.1. The smallest absolute Gasteiger partial charge is 0.131 e. The lowest BCUT2D eigenvalue weighted by atomic mass is 10.1. The minimum atomic E-state index is -0.578. The molecule has 20 heavy (non-hydrogen) atoms. The van der Waals surface area contributed by atoms with Gasteiger partial charge in [0.2, 0.25) is 0 Å². The third-order valence-electron chi connectivity index (χ3n) is 3.38. The number of aromatic nitrogens is 1. The van der Waals surface area contributed by atoms with E-state index in [2.05, 4.69) is 0 Å². The second-order valence-corrected chi connectivity index (χ2v) is 4.73. The fraction of sp³-hybridized carbons (Fsp3) is 0.125. The summed E-state index contributed by atoms with van der Waals surface area (Å²) in [5.41, 5.74) is 2.15. The number of fused-ring (bicyclic) bond motifs is 1. The van der Waals surface area contributed by atoms with E-state index in [4.69, 9.17) is 0 Å². The van der Waals surface area contributed by atoms with Gasteiger partial charge in [0.05, 0.1) is 13.2 Å². The van der Waals surface area contributed by atoms with Crippen LogP contribution in [0.25, 0.3) is 10.9 Å². The Morgan fingerprint density at radius 2 is 1.85 bits per heavy atom. The normalized spacial score (nSPS) is 11.2. The molecule has 0 amide bonds. The van der Waals surface area contributed by atoms with Gasteiger partial charge in [-0.3, -0.25) is 0 Å². The molecule has 1 heterocycles. The van der Waals surface area contributed by atoms with Crippen molar-refractivity contribution < 1.29 is 13.9 Å². The van der Waals surface area contributed by atoms with Crippen LogP contribution < -0.4 is 0 Å². The van der Waals surface area contributed by atoms with Crippen LogP contribution in [0.3, 0.4) is 0 Å². The van der Waals surface area contributed by atoms with Crippen LogP contribution in [-0.2, 0) is 13.2 Å². The fourth-order valence-electron chi connectivity index (χ4n) is 2.30. The number of nitrogens with zero attached hydrogens (tertiary/aromatic N) is 1. The van der Waals surface area contributed by atoms with Crippen molar-refractivity contribution in [1.82, 2.24) is 4.57 Å². The van der Waals surface area contributed by atoms with Crippen LogP contribution in [-0.4, -0.2) is 9.67 Å². The molecule has 0 saturated carbocycles. The number of aliphatic hydroxyl groups excluding tert-OH is 1. The van der Waals surface area contributed by atoms with Crippen molar-refractivity contribution in [3.05, 3.63) is 71.4 Å². The highest BCUT2D eigenvalue weighted by Crippen LogP contribution is 2.20. The summed E-state index contributed by atoms with van der Waals surface area (Å²) in [5, 5.41) is 10.2. The maximum Gasteiger partial charge on any atom is 0.131 e. The van der Waals surface area contributed by atoms with Gasteiger partial charge in [0.1, 0.15) is 11.6 Å². The molecule has 102 valence electrons. The number of rotatable bonds is 3. The molecule has 4 heteroatoms. The van der Waals surface area contributed by atoms with Crippen LogP contribution in [0, 0.1) is 11.6 Å². The first-order valence-electron chi connectivity index (χ1n) is 6.30. The van der Waals surface area contributed by atoms with Crippen LogP contribution >= 0.6 is 0 Å². The first kappa shape index (κ1) is 12.8. The van der Waals surface area contributed by atoms with Crippen LogP contribution in [0.1, 0.15) is 11.1 Å². The maximum atomic E-state index is 13.7. The van der Waals surface area contributed by atoms with Crippen molar-refractivity contribution >= 4 is 10.9 Å². The van der Waals surface area contributed by atoms with Gasteiger partial charge in [-0.05, 0) is 29.1 Å². The number of halogens is 2. The van der Waals surface area contributed by atoms with Gasteiger partial charge in [0.25, 0.3) is 0 Å². The second kappa shape index (κ2) is 5.06. The molecule has 0 spiro atoms. The molecule has 0 aliphatic heterocycles. The lowest BCUT2D eigenvalue weighted by Crippen LogP contribution is -2.01. The summed E-state index contributed by atoms with van der Waals surface area (Å²) in [5.74, 6) is -1.13. The number of aliphatic hydroxyl groups is 1. The van der Waals surface area contributed by atoms with Crippen molar-refractivity contribution in [2.24, 2.45) is 0 Å². The Morgan fingerprint density at radius 1 is 1.00 bits per heavy atom. The quantitative estimate of drug-likeness (QED) is 0.776. The van der Waals surface area contributed by atoms with E-state index in [1.165, 1.54) is 12.1 Å². The zero-order valence-corrected chi connectivity index (χ0v) is 10.7. The molecule has 0 bridgehead atoms. The van der Waals surface area contributed by atoms with Gasteiger partial charge < -0.3 is 9.67 Å². The second-order valence-electron chi connectivity index (χ2n) is 4.73. The lowest BCUT2D eigenvalue weighted by Gasteiger charge is -2.08. The van der Waals surface area contributed by atoms with Crippen molar-refractivity contribution in [3.63, 3.8) is 0 Å². The highest BCUT2D eigenvalue weighted by Gasteiger charge is 2.07. The van der Waals surface area contributed by atoms with Gasteiger partial charge >= 0.3 is 0 Å². The van der Waals surface area contributed by atoms with E-state index in [0.717, 1.165) is 22.5 Å². The molecule has 0 saturated heterocycles. The molecular weight excluding hydrogens is 260 g/mol. The van der Waals surface area contributed by atoms with Crippen LogP contribution in [0.4, 0.5) is 8.78 Å². The SMILES string of the molecule is OCc1ccc2ccn(Cc3ccc(F)cc3F)c2c1. The first-order chi connectivity index (χ1) is 9.67. The number of hydrogen-bond donors (Lipinski definition) is 1. The van der Waals surface area contributed by atoms with Crippen LogP contribution in [0.5, 0.6) is 0 Å². The standard InChI is InChI=1S/C16H13F2NO/c17-14-4-3-13(15(18)8-14)9-19-6-5-12-2-1-11(10-20)7-16(12)19/h1-8,20H,9-10H2. The molecule has 0 fully saturated rings. The van der Waals surface area contributed by atoms with Gasteiger partial charge in [-0.15, -0.1) is 0 Å². The molecular formula is C16H13F2NO. The third-order valence-corrected chi connectivity index (χ3v) is 3.38. The van der Waals surface area contributed by atoms with Crippen LogP contribution in [0.15, 0.2) is 48.7 Å². The highest BCUT2D eigenvalue weighted by molar-refractivity contribution is 5.80. The van der Waals surface area contributed by atoms with E-state index < -0.39 is 11.6 Å². The minimum absolute atomic E-state index is 0.0357. The summed E-state index contributed by atoms with van der Waals surface area (Å²) in [6.07, 6.45) is 1.86. The Labute approximate surface area is 114 Å². The van der Waals surface area contributed by atoms with Crippen molar-refractivity contribution in [1.29, 1.82) is 0 Å². The van der Waals surface area contributed by atoms with Gasteiger partial charge in [0, 0.05) is 23.3 Å². The van der Waals surface area contributed by atoms with Crippen molar-refractivity contribution in [3.8, 4) is 0 Å². The van der Waals surface area contributed by atoms with Gasteiger partial charge in [-0.2, -0.15) is 0 Å². The Bertz CT molecular complexity index is 764. The predicted octanol–water partition coefficient (Wildman–Crippen LogP) is 3.46. The van der Waals surface area contributed by atoms with E-state index in [-0.39, 0.29) is 6.61 Å². The molecule has 2 nitrogen and oxygen atoms in total. The molecule has 1 N–H and O–H groups in total. The lowest BCUT2D eigenvalue weighted by molar-refractivity contribution is 0.282. The Balaban J connectivity index is 2.01. The zero-order chi connectivity index (χ0) is 14.1. The Kier molecular flexibility index (Phi) is 3.24. The molecule has 0 atom stereocenters. The van der Waals surface area contributed by atoms with Gasteiger partial charge in [-0.25, -0.2) is 8.78 Å². The molecule has 3 aromatic rings. The van der Waals surface area contributed by atoms with E-state index in [1.54, 1.807) is 0 Å². The summed E-state index contributed by atoms with van der Waals surface area (Å²) in [6, 6.07) is 11.2. The largest absolute Gasteiger partial charge is 0.392 e. The van der Waals surface area contributed by atoms with E-state index in [0.29, 0.717) is 12.1 Å². The zero-order valence-electron chi connectivity index (χ0n) is 10.7. The summed E-state index contributed by atoms with van der Waals surface area (Å²) in [4.78, 5) is 0. The van der Waals surface area contributed by atoms with Crippen LogP contribution in [0.2, 0.25) is 0 Å². The molecule has 0 aliphatic rings. The van der Waals surface area contributed by atoms with Gasteiger partial charge in [0.15, 0.2) is 0 Å². The minimum Gasteiger partial charge on any atom is -0.392 e. The molecule has 2 aromatic carbocycles. The summed E-state index contributed by atoms with van der Waals surface area (Å²) in [6.45, 7) is 0.288. The summed E-state index contributed by atoms with van der Waals surface area (Å²) >= 11 is 0. The Morgan fingerprint density at radius 3 is 2.60 bits per heavy atom. The molecule has 0 aliphatic carbocycles. The van der Waals surface area contributed by atoms with E-state index in [1.807, 2.05) is 35.0 Å². The number of benzene rings is 2. The molecule has 0 unspecified atom stereocenters. The van der Waals surface area contributed by atoms with Gasteiger partial charge in [-0.1, -0.05) is 18.2 Å². The average Bonchev–Trinajstić information content (AvgIpc) is 2.84. The first-order valence-corrected chi connectivity index (χ1v) is 6.30. The number of hydrogen-bond acceptors (Lipinski definition) is 1. The van der Waals surface area contributed by atoms with Crippen molar-refractivity contribution in [2.75, 3.05) is 0 Å². The van der Waals surface area contributed by atoms with Crippen molar-refractivity contribution in [2.45, 2.75) is 13.2 Å². The molecule has 1 aromatic heterocycles. The third kappa shape index (κ3) is 2.30. The van der Waals surface area contributed by atoms with E-state index >= 15 is 0 Å². The molecule has 0 radical (unpaired) electrons. The fourth-order valence-corrected chi connectivity index (χ4v) is 2.30. The summed E-state index contributed by atoms with van der Waals surface area (Å²) < 4.78 is 28.5. The topological polar surface area (TPSA) is 25.2 Å². The van der Waals surface area contributed by atoms with E-state index in [9.17, 15) is 13.9 Å². The summed E-state index contributed by atoms with van der Waals surface area (Å²) in [7, 11) is 0. The monoisotopic (exact) mass is 273 g/mol. The Hall–Kier alpha value is -2.20. The molecule has 3 rings (SSSR count). The maximum absolute atomic E-state index is 13.7. The average molecular weight is 273 g/mol.